The van der Waals surface area contributed by atoms with Crippen LogP contribution in [0.3, 0.4) is 0 Å². The van der Waals surface area contributed by atoms with Gasteiger partial charge in [-0.3, -0.25) is 0 Å². The van der Waals surface area contributed by atoms with Crippen LogP contribution in [0.5, 0.6) is 0 Å². The van der Waals surface area contributed by atoms with E-state index in [1.165, 1.54) is 25.7 Å². The van der Waals surface area contributed by atoms with Gasteiger partial charge >= 0.3 is 0 Å². The lowest BCUT2D eigenvalue weighted by atomic mass is 9.87. The van der Waals surface area contributed by atoms with Gasteiger partial charge in [0, 0.05) is 0 Å². The van der Waals surface area contributed by atoms with Crippen LogP contribution in [0, 0.1) is 0 Å². The molecule has 1 heteroatoms. The van der Waals surface area contributed by atoms with E-state index in [2.05, 4.69) is 25.7 Å². The first-order valence-electron chi connectivity index (χ1n) is 5.73. The predicted octanol–water partition coefficient (Wildman–Crippen LogP) is 3.86. The van der Waals surface area contributed by atoms with E-state index in [0.717, 1.165) is 19.4 Å². The topological polar surface area (TPSA) is 9.23 Å². The van der Waals surface area contributed by atoms with Crippen LogP contribution in [0.15, 0.2) is 24.8 Å². The lowest BCUT2D eigenvalue weighted by Crippen LogP contribution is -2.33. The molecular weight excluding hydrogens is 172 g/mol. The highest BCUT2D eigenvalue weighted by molar-refractivity contribution is 5.00. The molecule has 1 rings (SSSR count). The maximum absolute atomic E-state index is 5.89. The first-order chi connectivity index (χ1) is 6.83. The van der Waals surface area contributed by atoms with E-state index < -0.39 is 0 Å². The van der Waals surface area contributed by atoms with Gasteiger partial charge in [0.15, 0.2) is 0 Å². The second kappa shape index (κ2) is 6.02. The molecule has 1 aliphatic rings. The van der Waals surface area contributed by atoms with Crippen molar-refractivity contribution in [1.29, 1.82) is 0 Å². The Balaban J connectivity index is 2.43. The third kappa shape index (κ3) is 3.30. The van der Waals surface area contributed by atoms with Gasteiger partial charge in [-0.25, -0.2) is 0 Å². The van der Waals surface area contributed by atoms with Gasteiger partial charge in [-0.2, -0.15) is 0 Å². The Morgan fingerprint density at radius 2 is 2.29 bits per heavy atom. The van der Waals surface area contributed by atoms with Crippen molar-refractivity contribution >= 4 is 0 Å². The molecule has 1 aliphatic heterocycles. The number of rotatable bonds is 6. The number of hydrogen-bond donors (Lipinski definition) is 0. The van der Waals surface area contributed by atoms with Crippen molar-refractivity contribution in [3.05, 3.63) is 24.8 Å². The van der Waals surface area contributed by atoms with Crippen molar-refractivity contribution in [3.63, 3.8) is 0 Å². The number of unbranched alkanes of at least 4 members (excludes halogenated alkanes) is 2. The van der Waals surface area contributed by atoms with Gasteiger partial charge in [-0.05, 0) is 19.3 Å². The van der Waals surface area contributed by atoms with Crippen molar-refractivity contribution in [3.8, 4) is 0 Å². The molecule has 0 bridgehead atoms. The van der Waals surface area contributed by atoms with E-state index in [1.807, 2.05) is 6.08 Å². The molecule has 0 radical (unpaired) electrons. The summed E-state index contributed by atoms with van der Waals surface area (Å²) in [5.41, 5.74) is 0.0751. The number of ether oxygens (including phenoxy) is 1. The maximum Gasteiger partial charge on any atom is 0.0755 e. The van der Waals surface area contributed by atoms with Crippen molar-refractivity contribution in [2.75, 3.05) is 6.61 Å². The highest BCUT2D eigenvalue weighted by Crippen LogP contribution is 2.30. The first-order valence-corrected chi connectivity index (χ1v) is 5.73. The highest BCUT2D eigenvalue weighted by Gasteiger charge is 2.29. The van der Waals surface area contributed by atoms with Crippen molar-refractivity contribution in [1.82, 2.24) is 0 Å². The van der Waals surface area contributed by atoms with Gasteiger partial charge in [-0.15, -0.1) is 6.58 Å². The average Bonchev–Trinajstić information content (AvgIpc) is 2.20. The zero-order valence-electron chi connectivity index (χ0n) is 9.30. The van der Waals surface area contributed by atoms with Crippen molar-refractivity contribution in [2.45, 2.75) is 51.0 Å². The molecule has 0 aromatic heterocycles. The molecule has 0 unspecified atom stereocenters. The van der Waals surface area contributed by atoms with Gasteiger partial charge in [-0.1, -0.05) is 44.4 Å². The standard InChI is InChI=1S/C13H22O/c1-3-5-6-10-13(9-4-2)11-7-8-12-14-13/h4,7-8H,2-3,5-6,9-12H2,1H3/t13-/m0/s1. The molecular formula is C13H22O. The fraction of sp³-hybridized carbons (Fsp3) is 0.692. The lowest BCUT2D eigenvalue weighted by molar-refractivity contribution is -0.0419. The first kappa shape index (κ1) is 11.5. The Morgan fingerprint density at radius 1 is 1.43 bits per heavy atom. The van der Waals surface area contributed by atoms with Crippen LogP contribution in [-0.4, -0.2) is 12.2 Å². The zero-order valence-corrected chi connectivity index (χ0v) is 9.30. The Hall–Kier alpha value is -0.560. The molecule has 0 amide bonds. The van der Waals surface area contributed by atoms with Crippen LogP contribution in [0.4, 0.5) is 0 Å². The molecule has 1 atom stereocenters. The summed E-state index contributed by atoms with van der Waals surface area (Å²) in [6.45, 7) is 6.84. The molecule has 0 aromatic carbocycles. The van der Waals surface area contributed by atoms with E-state index in [-0.39, 0.29) is 5.60 Å². The summed E-state index contributed by atoms with van der Waals surface area (Å²) in [6, 6.07) is 0. The minimum atomic E-state index is 0.0751. The van der Waals surface area contributed by atoms with Gasteiger partial charge in [0.1, 0.15) is 0 Å². The Morgan fingerprint density at radius 3 is 2.86 bits per heavy atom. The van der Waals surface area contributed by atoms with E-state index in [9.17, 15) is 0 Å². The monoisotopic (exact) mass is 194 g/mol. The van der Waals surface area contributed by atoms with Crippen LogP contribution >= 0.6 is 0 Å². The minimum Gasteiger partial charge on any atom is -0.370 e. The van der Waals surface area contributed by atoms with Gasteiger partial charge in [0.25, 0.3) is 0 Å². The molecule has 0 N–H and O–H groups in total. The van der Waals surface area contributed by atoms with Crippen LogP contribution in [0.1, 0.15) is 45.4 Å². The predicted molar refractivity (Wildman–Crippen MR) is 61.4 cm³/mol. The van der Waals surface area contributed by atoms with Crippen LogP contribution in [-0.2, 0) is 4.74 Å². The van der Waals surface area contributed by atoms with E-state index in [4.69, 9.17) is 4.74 Å². The molecule has 0 fully saturated rings. The Kier molecular flexibility index (Phi) is 4.95. The van der Waals surface area contributed by atoms with Crippen molar-refractivity contribution < 1.29 is 4.74 Å². The summed E-state index contributed by atoms with van der Waals surface area (Å²) in [4.78, 5) is 0. The second-order valence-electron chi connectivity index (χ2n) is 4.12. The molecule has 1 nitrogen and oxygen atoms in total. The number of hydrogen-bond acceptors (Lipinski definition) is 1. The maximum atomic E-state index is 5.89. The molecule has 0 saturated carbocycles. The zero-order chi connectivity index (χ0) is 10.3. The molecule has 1 heterocycles. The van der Waals surface area contributed by atoms with Gasteiger partial charge < -0.3 is 4.74 Å². The summed E-state index contributed by atoms with van der Waals surface area (Å²) in [5, 5.41) is 0. The van der Waals surface area contributed by atoms with Crippen molar-refractivity contribution in [2.24, 2.45) is 0 Å². The second-order valence-corrected chi connectivity index (χ2v) is 4.12. The quantitative estimate of drug-likeness (QED) is 0.461. The summed E-state index contributed by atoms with van der Waals surface area (Å²) < 4.78 is 5.89. The summed E-state index contributed by atoms with van der Waals surface area (Å²) in [7, 11) is 0. The van der Waals surface area contributed by atoms with Crippen LogP contribution < -0.4 is 0 Å². The van der Waals surface area contributed by atoms with E-state index >= 15 is 0 Å². The van der Waals surface area contributed by atoms with Crippen LogP contribution in [0.2, 0.25) is 0 Å². The third-order valence-electron chi connectivity index (χ3n) is 2.89. The highest BCUT2D eigenvalue weighted by atomic mass is 16.5. The van der Waals surface area contributed by atoms with Gasteiger partial charge in [0.2, 0.25) is 0 Å². The SMILES string of the molecule is C=CC[C@]1(CCCCC)CC=CCO1. The summed E-state index contributed by atoms with van der Waals surface area (Å²) in [6.07, 6.45) is 13.4. The minimum absolute atomic E-state index is 0.0751. The largest absolute Gasteiger partial charge is 0.370 e. The van der Waals surface area contributed by atoms with Crippen LogP contribution in [0.25, 0.3) is 0 Å². The smallest absolute Gasteiger partial charge is 0.0755 e. The molecule has 80 valence electrons. The summed E-state index contributed by atoms with van der Waals surface area (Å²) in [5.74, 6) is 0. The van der Waals surface area contributed by atoms with Gasteiger partial charge in [0.05, 0.1) is 12.2 Å². The Labute approximate surface area is 87.8 Å². The third-order valence-corrected chi connectivity index (χ3v) is 2.89. The summed E-state index contributed by atoms with van der Waals surface area (Å²) >= 11 is 0. The average molecular weight is 194 g/mol. The van der Waals surface area contributed by atoms with E-state index in [1.54, 1.807) is 0 Å². The fourth-order valence-corrected chi connectivity index (χ4v) is 2.03. The Bertz CT molecular complexity index is 195. The fourth-order valence-electron chi connectivity index (χ4n) is 2.03. The molecule has 0 saturated heterocycles. The lowest BCUT2D eigenvalue weighted by Gasteiger charge is -2.34. The normalized spacial score (nSPS) is 26.4. The molecule has 0 spiro atoms. The molecule has 0 aromatic rings. The molecule has 14 heavy (non-hydrogen) atoms. The van der Waals surface area contributed by atoms with E-state index in [0.29, 0.717) is 0 Å². The molecule has 0 aliphatic carbocycles.